The molecule has 0 spiro atoms. The molecule has 1 aromatic heterocycles. The molecular weight excluding hydrogens is 272 g/mol. The normalized spacial score (nSPS) is 17.9. The number of rotatable bonds is 3. The van der Waals surface area contributed by atoms with Gasteiger partial charge in [-0.2, -0.15) is 0 Å². The van der Waals surface area contributed by atoms with E-state index in [2.05, 4.69) is 21.0 Å². The summed E-state index contributed by atoms with van der Waals surface area (Å²) in [5.74, 6) is 0. The SMILES string of the molecule is COCc1[nH]n(C2CCCCC2)c(=O)c1Br. The summed E-state index contributed by atoms with van der Waals surface area (Å²) >= 11 is 3.32. The molecule has 1 aliphatic rings. The second-order valence-corrected chi connectivity index (χ2v) is 5.10. The lowest BCUT2D eigenvalue weighted by atomic mass is 9.96. The first-order valence-corrected chi connectivity index (χ1v) is 6.51. The zero-order valence-electron chi connectivity index (χ0n) is 9.46. The van der Waals surface area contributed by atoms with Crippen molar-refractivity contribution >= 4 is 15.9 Å². The van der Waals surface area contributed by atoms with Crippen molar-refractivity contribution in [2.45, 2.75) is 44.8 Å². The van der Waals surface area contributed by atoms with E-state index in [0.717, 1.165) is 18.5 Å². The third kappa shape index (κ3) is 2.25. The van der Waals surface area contributed by atoms with Gasteiger partial charge in [0.25, 0.3) is 5.56 Å². The molecule has 1 N–H and O–H groups in total. The Balaban J connectivity index is 2.26. The molecule has 0 unspecified atom stereocenters. The molecular formula is C11H17BrN2O2. The molecule has 5 heteroatoms. The lowest BCUT2D eigenvalue weighted by Crippen LogP contribution is -2.24. The van der Waals surface area contributed by atoms with Gasteiger partial charge in [0.05, 0.1) is 18.3 Å². The van der Waals surface area contributed by atoms with E-state index < -0.39 is 0 Å². The number of hydrogen-bond acceptors (Lipinski definition) is 2. The van der Waals surface area contributed by atoms with E-state index in [9.17, 15) is 4.79 Å². The average Bonchev–Trinajstić information content (AvgIpc) is 2.59. The molecule has 1 aromatic rings. The Morgan fingerprint density at radius 2 is 2.12 bits per heavy atom. The Morgan fingerprint density at radius 1 is 1.44 bits per heavy atom. The zero-order valence-corrected chi connectivity index (χ0v) is 11.0. The predicted molar refractivity (Wildman–Crippen MR) is 65.6 cm³/mol. The minimum absolute atomic E-state index is 0.0407. The van der Waals surface area contributed by atoms with Gasteiger partial charge in [-0.05, 0) is 28.8 Å². The lowest BCUT2D eigenvalue weighted by Gasteiger charge is -2.21. The summed E-state index contributed by atoms with van der Waals surface area (Å²) in [5, 5.41) is 3.15. The number of methoxy groups -OCH3 is 1. The largest absolute Gasteiger partial charge is 0.378 e. The molecule has 90 valence electrons. The number of halogens is 1. The fraction of sp³-hybridized carbons (Fsp3) is 0.727. The van der Waals surface area contributed by atoms with Crippen LogP contribution in [0.1, 0.15) is 43.8 Å². The van der Waals surface area contributed by atoms with Crippen LogP contribution in [-0.4, -0.2) is 16.9 Å². The van der Waals surface area contributed by atoms with Gasteiger partial charge in [0, 0.05) is 7.11 Å². The second kappa shape index (κ2) is 5.19. The maximum Gasteiger partial charge on any atom is 0.281 e. The Hall–Kier alpha value is -0.550. The van der Waals surface area contributed by atoms with Gasteiger partial charge < -0.3 is 4.74 Å². The molecule has 0 radical (unpaired) electrons. The van der Waals surface area contributed by atoms with Crippen molar-refractivity contribution in [2.24, 2.45) is 0 Å². The molecule has 0 aromatic carbocycles. The van der Waals surface area contributed by atoms with Gasteiger partial charge in [0.1, 0.15) is 4.47 Å². The highest BCUT2D eigenvalue weighted by atomic mass is 79.9. The second-order valence-electron chi connectivity index (χ2n) is 4.30. The van der Waals surface area contributed by atoms with Crippen molar-refractivity contribution in [2.75, 3.05) is 7.11 Å². The topological polar surface area (TPSA) is 47.0 Å². The molecule has 16 heavy (non-hydrogen) atoms. The van der Waals surface area contributed by atoms with Crippen LogP contribution in [0.2, 0.25) is 0 Å². The van der Waals surface area contributed by atoms with E-state index in [-0.39, 0.29) is 5.56 Å². The first kappa shape index (κ1) is 11.9. The van der Waals surface area contributed by atoms with E-state index in [0.29, 0.717) is 17.1 Å². The van der Waals surface area contributed by atoms with Crippen LogP contribution in [0.4, 0.5) is 0 Å². The van der Waals surface area contributed by atoms with Gasteiger partial charge in [-0.25, -0.2) is 4.68 Å². The molecule has 0 saturated heterocycles. The molecule has 0 bridgehead atoms. The van der Waals surface area contributed by atoms with Gasteiger partial charge in [-0.3, -0.25) is 9.89 Å². The van der Waals surface area contributed by atoms with Gasteiger partial charge in [-0.1, -0.05) is 19.3 Å². The van der Waals surface area contributed by atoms with Crippen molar-refractivity contribution in [3.05, 3.63) is 20.5 Å². The number of aromatic amines is 1. The Morgan fingerprint density at radius 3 is 2.75 bits per heavy atom. The summed E-state index contributed by atoms with van der Waals surface area (Å²) in [6, 6.07) is 0.336. The number of nitrogens with one attached hydrogen (secondary N) is 1. The van der Waals surface area contributed by atoms with Crippen molar-refractivity contribution in [1.29, 1.82) is 0 Å². The molecule has 2 rings (SSSR count). The fourth-order valence-corrected chi connectivity index (χ4v) is 2.71. The van der Waals surface area contributed by atoms with Gasteiger partial charge in [-0.15, -0.1) is 0 Å². The van der Waals surface area contributed by atoms with E-state index in [1.807, 2.05) is 0 Å². The number of hydrogen-bond donors (Lipinski definition) is 1. The van der Waals surface area contributed by atoms with E-state index in [1.165, 1.54) is 19.3 Å². The van der Waals surface area contributed by atoms with Crippen LogP contribution in [0.3, 0.4) is 0 Å². The monoisotopic (exact) mass is 288 g/mol. The standard InChI is InChI=1S/C11H17BrN2O2/c1-16-7-9-10(12)11(15)14(13-9)8-5-3-2-4-6-8/h8,13H,2-7H2,1H3. The summed E-state index contributed by atoms with van der Waals surface area (Å²) < 4.78 is 7.42. The van der Waals surface area contributed by atoms with Crippen LogP contribution in [0.25, 0.3) is 0 Å². The minimum atomic E-state index is 0.0407. The number of ether oxygens (including phenoxy) is 1. The predicted octanol–water partition coefficient (Wildman–Crippen LogP) is 2.59. The number of H-pyrrole nitrogens is 1. The van der Waals surface area contributed by atoms with Crippen molar-refractivity contribution < 1.29 is 4.74 Å². The highest BCUT2D eigenvalue weighted by Crippen LogP contribution is 2.27. The molecule has 0 atom stereocenters. The Kier molecular flexibility index (Phi) is 3.86. The third-order valence-electron chi connectivity index (χ3n) is 3.16. The number of nitrogens with zero attached hydrogens (tertiary/aromatic N) is 1. The molecule has 0 aliphatic heterocycles. The minimum Gasteiger partial charge on any atom is -0.378 e. The molecule has 1 heterocycles. The quantitative estimate of drug-likeness (QED) is 0.929. The van der Waals surface area contributed by atoms with Crippen LogP contribution in [-0.2, 0) is 11.3 Å². The summed E-state index contributed by atoms with van der Waals surface area (Å²) in [6.07, 6.45) is 5.91. The first-order chi connectivity index (χ1) is 7.74. The van der Waals surface area contributed by atoms with Crippen LogP contribution in [0, 0.1) is 0 Å². The summed E-state index contributed by atoms with van der Waals surface area (Å²) in [6.45, 7) is 0.440. The molecule has 1 aliphatic carbocycles. The maximum absolute atomic E-state index is 12.0. The van der Waals surface area contributed by atoms with Crippen LogP contribution < -0.4 is 5.56 Å². The molecule has 1 saturated carbocycles. The van der Waals surface area contributed by atoms with E-state index in [4.69, 9.17) is 4.74 Å². The fourth-order valence-electron chi connectivity index (χ4n) is 2.32. The van der Waals surface area contributed by atoms with Crippen LogP contribution in [0.5, 0.6) is 0 Å². The van der Waals surface area contributed by atoms with Crippen molar-refractivity contribution in [3.8, 4) is 0 Å². The van der Waals surface area contributed by atoms with Crippen molar-refractivity contribution in [1.82, 2.24) is 9.78 Å². The molecule has 4 nitrogen and oxygen atoms in total. The van der Waals surface area contributed by atoms with Crippen molar-refractivity contribution in [3.63, 3.8) is 0 Å². The van der Waals surface area contributed by atoms with E-state index in [1.54, 1.807) is 11.8 Å². The molecule has 1 fully saturated rings. The zero-order chi connectivity index (χ0) is 11.5. The molecule has 0 amide bonds. The van der Waals surface area contributed by atoms with Gasteiger partial charge in [0.15, 0.2) is 0 Å². The highest BCUT2D eigenvalue weighted by molar-refractivity contribution is 9.10. The third-order valence-corrected chi connectivity index (χ3v) is 3.97. The lowest BCUT2D eigenvalue weighted by molar-refractivity contribution is 0.179. The average molecular weight is 289 g/mol. The smallest absolute Gasteiger partial charge is 0.281 e. The highest BCUT2D eigenvalue weighted by Gasteiger charge is 2.20. The van der Waals surface area contributed by atoms with Gasteiger partial charge in [0.2, 0.25) is 0 Å². The van der Waals surface area contributed by atoms with Gasteiger partial charge >= 0.3 is 0 Å². The maximum atomic E-state index is 12.0. The summed E-state index contributed by atoms with van der Waals surface area (Å²) in [5.41, 5.74) is 0.872. The summed E-state index contributed by atoms with van der Waals surface area (Å²) in [7, 11) is 1.63. The summed E-state index contributed by atoms with van der Waals surface area (Å²) in [4.78, 5) is 12.0. The van der Waals surface area contributed by atoms with Crippen LogP contribution in [0.15, 0.2) is 9.27 Å². The number of aromatic nitrogens is 2. The Labute approximate surface area is 103 Å². The Bertz CT molecular complexity index is 405. The van der Waals surface area contributed by atoms with E-state index >= 15 is 0 Å². The first-order valence-electron chi connectivity index (χ1n) is 5.72. The van der Waals surface area contributed by atoms with Crippen LogP contribution >= 0.6 is 15.9 Å².